The molecule has 1 fully saturated rings. The largest absolute Gasteiger partial charge is 0.468 e. The molecule has 4 rings (SSSR count). The van der Waals surface area contributed by atoms with Crippen LogP contribution in [0.1, 0.15) is 16.1 Å². The average Bonchev–Trinajstić information content (AvgIpc) is 3.18. The van der Waals surface area contributed by atoms with E-state index in [0.29, 0.717) is 5.76 Å². The fourth-order valence-electron chi connectivity index (χ4n) is 3.31. The van der Waals surface area contributed by atoms with Crippen LogP contribution in [0.3, 0.4) is 0 Å². The standard InChI is InChI=1S/C21H19FN2O6S2/c22-19-8-1-2-9-20(19)32(28,29)23-16-6-3-5-15(11-16)21(25)24-12-18(13-24)31(26,27)14-17-7-4-10-30-17/h1-11,18,23H,12-14H2. The third-order valence-corrected chi connectivity index (χ3v) is 8.47. The van der Waals surface area contributed by atoms with Gasteiger partial charge >= 0.3 is 0 Å². The van der Waals surface area contributed by atoms with Crippen molar-refractivity contribution in [3.8, 4) is 0 Å². The van der Waals surface area contributed by atoms with Crippen LogP contribution in [0.4, 0.5) is 10.1 Å². The topological polar surface area (TPSA) is 114 Å². The lowest BCUT2D eigenvalue weighted by molar-refractivity contribution is 0.0659. The van der Waals surface area contributed by atoms with Gasteiger partial charge in [-0.25, -0.2) is 21.2 Å². The molecule has 0 bridgehead atoms. The molecule has 11 heteroatoms. The van der Waals surface area contributed by atoms with Crippen LogP contribution >= 0.6 is 0 Å². The van der Waals surface area contributed by atoms with Crippen LogP contribution in [0.15, 0.2) is 76.2 Å². The fraction of sp³-hybridized carbons (Fsp3) is 0.190. The van der Waals surface area contributed by atoms with Crippen molar-refractivity contribution in [2.75, 3.05) is 17.8 Å². The van der Waals surface area contributed by atoms with Gasteiger partial charge in [0.25, 0.3) is 15.9 Å². The van der Waals surface area contributed by atoms with Crippen LogP contribution in [0.2, 0.25) is 0 Å². The Labute approximate surface area is 184 Å². The SMILES string of the molecule is O=C(c1cccc(NS(=O)(=O)c2ccccc2F)c1)N1CC(S(=O)(=O)Cc2ccco2)C1. The van der Waals surface area contributed by atoms with E-state index in [1.165, 1.54) is 47.6 Å². The first-order valence-corrected chi connectivity index (χ1v) is 12.8. The van der Waals surface area contributed by atoms with Gasteiger partial charge in [-0.3, -0.25) is 9.52 Å². The van der Waals surface area contributed by atoms with E-state index in [0.717, 1.165) is 12.1 Å². The average molecular weight is 479 g/mol. The van der Waals surface area contributed by atoms with Crippen LogP contribution in [-0.4, -0.2) is 46.0 Å². The molecule has 0 unspecified atom stereocenters. The Morgan fingerprint density at radius 1 is 1.03 bits per heavy atom. The van der Waals surface area contributed by atoms with E-state index in [-0.39, 0.29) is 30.1 Å². The number of rotatable bonds is 7. The predicted molar refractivity (Wildman–Crippen MR) is 115 cm³/mol. The number of hydrogen-bond donors (Lipinski definition) is 1. The van der Waals surface area contributed by atoms with Crippen molar-refractivity contribution in [2.45, 2.75) is 15.9 Å². The lowest BCUT2D eigenvalue weighted by Crippen LogP contribution is -2.57. The summed E-state index contributed by atoms with van der Waals surface area (Å²) in [6.45, 7) is 0.0696. The van der Waals surface area contributed by atoms with Gasteiger partial charge < -0.3 is 9.32 Å². The summed E-state index contributed by atoms with van der Waals surface area (Å²) in [6.07, 6.45) is 1.40. The summed E-state index contributed by atoms with van der Waals surface area (Å²) in [6, 6.07) is 13.9. The number of amides is 1. The Bertz CT molecular complexity index is 1350. The maximum absolute atomic E-state index is 13.9. The second-order valence-corrected chi connectivity index (χ2v) is 11.3. The Hall–Kier alpha value is -3.18. The summed E-state index contributed by atoms with van der Waals surface area (Å²) < 4.78 is 71.1. The summed E-state index contributed by atoms with van der Waals surface area (Å²) in [4.78, 5) is 13.6. The number of likely N-dealkylation sites (tertiary alicyclic amines) is 1. The lowest BCUT2D eigenvalue weighted by atomic mass is 10.1. The molecule has 2 aromatic carbocycles. The molecule has 32 heavy (non-hydrogen) atoms. The molecule has 3 aromatic rings. The number of carbonyl (C=O) groups excluding carboxylic acids is 1. The van der Waals surface area contributed by atoms with E-state index in [9.17, 15) is 26.0 Å². The number of nitrogens with zero attached hydrogens (tertiary/aromatic N) is 1. The summed E-state index contributed by atoms with van der Waals surface area (Å²) in [5.74, 6) is -1.22. The minimum atomic E-state index is -4.19. The van der Waals surface area contributed by atoms with Crippen molar-refractivity contribution < 1.29 is 30.4 Å². The molecule has 8 nitrogen and oxygen atoms in total. The minimum Gasteiger partial charge on any atom is -0.468 e. The van der Waals surface area contributed by atoms with Gasteiger partial charge in [-0.15, -0.1) is 0 Å². The van der Waals surface area contributed by atoms with Crippen LogP contribution in [0, 0.1) is 5.82 Å². The number of halogens is 1. The Kier molecular flexibility index (Phi) is 5.78. The van der Waals surface area contributed by atoms with Gasteiger partial charge in [0.2, 0.25) is 0 Å². The van der Waals surface area contributed by atoms with Gasteiger partial charge in [0.1, 0.15) is 22.2 Å². The Morgan fingerprint density at radius 2 is 1.78 bits per heavy atom. The minimum absolute atomic E-state index is 0.0348. The fourth-order valence-corrected chi connectivity index (χ4v) is 6.05. The number of furan rings is 1. The van der Waals surface area contributed by atoms with Crippen LogP contribution in [0.25, 0.3) is 0 Å². The zero-order valence-corrected chi connectivity index (χ0v) is 18.3. The second kappa shape index (κ2) is 8.40. The first kappa shape index (κ1) is 22.0. The number of benzene rings is 2. The van der Waals surface area contributed by atoms with Crippen molar-refractivity contribution in [3.63, 3.8) is 0 Å². The van der Waals surface area contributed by atoms with Crippen molar-refractivity contribution in [3.05, 3.63) is 84.1 Å². The molecule has 1 amide bonds. The van der Waals surface area contributed by atoms with Crippen LogP contribution in [-0.2, 0) is 25.6 Å². The van der Waals surface area contributed by atoms with E-state index in [1.807, 2.05) is 0 Å². The van der Waals surface area contributed by atoms with Crippen LogP contribution < -0.4 is 4.72 Å². The zero-order valence-electron chi connectivity index (χ0n) is 16.6. The first-order valence-electron chi connectivity index (χ1n) is 9.56. The number of hydrogen-bond acceptors (Lipinski definition) is 6. The molecular weight excluding hydrogens is 459 g/mol. The van der Waals surface area contributed by atoms with E-state index in [2.05, 4.69) is 4.72 Å². The van der Waals surface area contributed by atoms with E-state index in [4.69, 9.17) is 4.42 Å². The van der Waals surface area contributed by atoms with Gasteiger partial charge in [-0.1, -0.05) is 18.2 Å². The highest BCUT2D eigenvalue weighted by molar-refractivity contribution is 7.92. The second-order valence-electron chi connectivity index (χ2n) is 7.34. The smallest absolute Gasteiger partial charge is 0.264 e. The zero-order chi connectivity index (χ0) is 22.9. The normalized spacial score (nSPS) is 14.7. The highest BCUT2D eigenvalue weighted by Gasteiger charge is 2.40. The van der Waals surface area contributed by atoms with Gasteiger partial charge in [0.15, 0.2) is 9.84 Å². The van der Waals surface area contributed by atoms with Crippen molar-refractivity contribution in [1.82, 2.24) is 4.90 Å². The predicted octanol–water partition coefficient (Wildman–Crippen LogP) is 2.66. The molecule has 0 saturated carbocycles. The summed E-state index contributed by atoms with van der Waals surface area (Å²) >= 11 is 0. The Morgan fingerprint density at radius 3 is 2.47 bits per heavy atom. The van der Waals surface area contributed by atoms with E-state index < -0.39 is 41.7 Å². The summed E-state index contributed by atoms with van der Waals surface area (Å²) in [5, 5.41) is -0.695. The molecule has 0 atom stereocenters. The quantitative estimate of drug-likeness (QED) is 0.559. The molecule has 1 aliphatic heterocycles. The van der Waals surface area contributed by atoms with E-state index in [1.54, 1.807) is 12.1 Å². The number of anilines is 1. The molecule has 2 heterocycles. The van der Waals surface area contributed by atoms with Gasteiger partial charge in [0.05, 0.1) is 11.5 Å². The molecule has 1 saturated heterocycles. The molecule has 0 aliphatic carbocycles. The number of sulfonamides is 1. The molecule has 1 aliphatic rings. The number of nitrogens with one attached hydrogen (secondary N) is 1. The summed E-state index contributed by atoms with van der Waals surface area (Å²) in [7, 11) is -7.67. The maximum Gasteiger partial charge on any atom is 0.264 e. The molecular formula is C21H19FN2O6S2. The summed E-state index contributed by atoms with van der Waals surface area (Å²) in [5.41, 5.74) is 0.266. The van der Waals surface area contributed by atoms with Gasteiger partial charge in [-0.05, 0) is 42.5 Å². The number of carbonyl (C=O) groups is 1. The number of sulfone groups is 1. The van der Waals surface area contributed by atoms with Crippen molar-refractivity contribution >= 4 is 31.5 Å². The molecule has 0 spiro atoms. The van der Waals surface area contributed by atoms with Crippen molar-refractivity contribution in [1.29, 1.82) is 0 Å². The van der Waals surface area contributed by atoms with Gasteiger partial charge in [0, 0.05) is 24.3 Å². The van der Waals surface area contributed by atoms with Gasteiger partial charge in [-0.2, -0.15) is 0 Å². The highest BCUT2D eigenvalue weighted by atomic mass is 32.2. The molecule has 1 aromatic heterocycles. The lowest BCUT2D eigenvalue weighted by Gasteiger charge is -2.38. The third kappa shape index (κ3) is 4.53. The molecule has 168 valence electrons. The Balaban J connectivity index is 1.43. The molecule has 1 N–H and O–H groups in total. The first-order chi connectivity index (χ1) is 15.2. The van der Waals surface area contributed by atoms with E-state index >= 15 is 0 Å². The molecule has 0 radical (unpaired) electrons. The monoisotopic (exact) mass is 478 g/mol. The third-order valence-electron chi connectivity index (χ3n) is 5.05. The van der Waals surface area contributed by atoms with Crippen LogP contribution in [0.5, 0.6) is 0 Å². The van der Waals surface area contributed by atoms with Crippen molar-refractivity contribution in [2.24, 2.45) is 0 Å². The maximum atomic E-state index is 13.9. The highest BCUT2D eigenvalue weighted by Crippen LogP contribution is 2.24.